The van der Waals surface area contributed by atoms with E-state index in [-0.39, 0.29) is 18.4 Å². The molecule has 0 fully saturated rings. The Kier molecular flexibility index (Phi) is 5.84. The van der Waals surface area contributed by atoms with Crippen molar-refractivity contribution in [1.29, 1.82) is 0 Å². The zero-order chi connectivity index (χ0) is 20.9. The molecular formula is C24H24N2O4. The van der Waals surface area contributed by atoms with Crippen LogP contribution in [0, 0.1) is 0 Å². The lowest BCUT2D eigenvalue weighted by Gasteiger charge is -2.34. The quantitative estimate of drug-likeness (QED) is 0.638. The summed E-state index contributed by atoms with van der Waals surface area (Å²) in [5.74, 6) is 1.05. The van der Waals surface area contributed by atoms with E-state index < -0.39 is 6.10 Å². The zero-order valence-electron chi connectivity index (χ0n) is 16.8. The topological polar surface area (TPSA) is 67.9 Å². The van der Waals surface area contributed by atoms with E-state index in [1.165, 1.54) is 0 Å². The maximum Gasteiger partial charge on any atom is 0.262 e. The van der Waals surface area contributed by atoms with Gasteiger partial charge < -0.3 is 19.7 Å². The summed E-state index contributed by atoms with van der Waals surface area (Å²) < 4.78 is 11.7. The number of carbonyl (C=O) groups is 2. The van der Waals surface area contributed by atoms with E-state index in [4.69, 9.17) is 9.47 Å². The molecule has 3 aromatic carbocycles. The minimum Gasteiger partial charge on any atom is -0.493 e. The molecule has 1 aliphatic rings. The van der Waals surface area contributed by atoms with Gasteiger partial charge in [-0.1, -0.05) is 48.5 Å². The monoisotopic (exact) mass is 404 g/mol. The van der Waals surface area contributed by atoms with Crippen LogP contribution in [0.25, 0.3) is 10.8 Å². The lowest BCUT2D eigenvalue weighted by atomic mass is 10.1. The van der Waals surface area contributed by atoms with Crippen LogP contribution in [0.3, 0.4) is 0 Å². The number of anilines is 1. The van der Waals surface area contributed by atoms with E-state index in [0.717, 1.165) is 16.5 Å². The number of benzene rings is 3. The summed E-state index contributed by atoms with van der Waals surface area (Å²) in [6.07, 6.45) is 0.173. The first-order chi connectivity index (χ1) is 14.7. The first-order valence-corrected chi connectivity index (χ1v) is 10.1. The molecule has 6 nitrogen and oxygen atoms in total. The van der Waals surface area contributed by atoms with E-state index in [1.807, 2.05) is 60.7 Å². The maximum absolute atomic E-state index is 12.9. The number of ether oxygens (including phenoxy) is 2. The minimum atomic E-state index is -0.721. The molecule has 4 rings (SSSR count). The number of amides is 2. The molecule has 154 valence electrons. The Morgan fingerprint density at radius 3 is 2.70 bits per heavy atom. The Labute approximate surface area is 175 Å². The average Bonchev–Trinajstić information content (AvgIpc) is 2.80. The van der Waals surface area contributed by atoms with Crippen molar-refractivity contribution in [2.45, 2.75) is 18.9 Å². The largest absolute Gasteiger partial charge is 0.493 e. The first-order valence-electron chi connectivity index (χ1n) is 10.1. The number of likely N-dealkylation sites (N-methyl/N-ethyl adjacent to an activating group) is 1. The average molecular weight is 404 g/mol. The fraction of sp³-hybridized carbons (Fsp3) is 0.250. The molecule has 0 radical (unpaired) electrons. The maximum atomic E-state index is 12.9. The lowest BCUT2D eigenvalue weighted by molar-refractivity contribution is -0.128. The van der Waals surface area contributed by atoms with Gasteiger partial charge in [-0.05, 0) is 30.0 Å². The smallest absolute Gasteiger partial charge is 0.262 e. The summed E-state index contributed by atoms with van der Waals surface area (Å²) in [6.45, 7) is 0.629. The van der Waals surface area contributed by atoms with Gasteiger partial charge >= 0.3 is 0 Å². The van der Waals surface area contributed by atoms with Crippen molar-refractivity contribution in [3.63, 3.8) is 0 Å². The van der Waals surface area contributed by atoms with E-state index in [2.05, 4.69) is 5.32 Å². The molecule has 0 bridgehead atoms. The van der Waals surface area contributed by atoms with Gasteiger partial charge in [0.15, 0.2) is 6.10 Å². The fourth-order valence-corrected chi connectivity index (χ4v) is 3.63. The Morgan fingerprint density at radius 1 is 1.07 bits per heavy atom. The predicted molar refractivity (Wildman–Crippen MR) is 116 cm³/mol. The molecule has 0 unspecified atom stereocenters. The zero-order valence-corrected chi connectivity index (χ0v) is 16.8. The highest BCUT2D eigenvalue weighted by atomic mass is 16.5. The van der Waals surface area contributed by atoms with Gasteiger partial charge in [-0.2, -0.15) is 0 Å². The fourth-order valence-electron chi connectivity index (χ4n) is 3.63. The molecule has 6 heteroatoms. The third-order valence-electron chi connectivity index (χ3n) is 5.16. The first kappa shape index (κ1) is 19.8. The van der Waals surface area contributed by atoms with Gasteiger partial charge in [0.25, 0.3) is 5.91 Å². The molecule has 1 aliphatic heterocycles. The van der Waals surface area contributed by atoms with Crippen molar-refractivity contribution in [2.24, 2.45) is 0 Å². The van der Waals surface area contributed by atoms with Crippen LogP contribution in [0.4, 0.5) is 5.69 Å². The van der Waals surface area contributed by atoms with Crippen molar-refractivity contribution in [2.75, 3.05) is 25.1 Å². The highest BCUT2D eigenvalue weighted by molar-refractivity contribution is 5.97. The standard InChI is InChI=1S/C24H24N2O4/c1-25-24(28)22-16-26(19-11-4-5-12-21(19)30-22)23(27)14-7-15-29-20-13-6-9-17-8-2-3-10-18(17)20/h2-6,8-13,22H,7,14-16H2,1H3,(H,25,28)/t22-/m1/s1. The van der Waals surface area contributed by atoms with E-state index >= 15 is 0 Å². The molecule has 1 atom stereocenters. The van der Waals surface area contributed by atoms with Crippen LogP contribution in [-0.4, -0.2) is 38.1 Å². The molecule has 1 N–H and O–H groups in total. The third kappa shape index (κ3) is 4.08. The van der Waals surface area contributed by atoms with Gasteiger partial charge in [0, 0.05) is 18.9 Å². The molecule has 2 amide bonds. The summed E-state index contributed by atoms with van der Waals surface area (Å²) >= 11 is 0. The molecule has 3 aromatic rings. The highest BCUT2D eigenvalue weighted by Crippen LogP contribution is 2.33. The van der Waals surface area contributed by atoms with E-state index in [0.29, 0.717) is 30.9 Å². The van der Waals surface area contributed by atoms with Gasteiger partial charge in [0.1, 0.15) is 11.5 Å². The molecule has 1 heterocycles. The number of hydrogen-bond acceptors (Lipinski definition) is 4. The Hall–Kier alpha value is -3.54. The summed E-state index contributed by atoms with van der Waals surface area (Å²) in [5, 5.41) is 4.77. The van der Waals surface area contributed by atoms with E-state index in [1.54, 1.807) is 18.0 Å². The second kappa shape index (κ2) is 8.86. The van der Waals surface area contributed by atoms with Crippen LogP contribution in [0.2, 0.25) is 0 Å². The number of hydrogen-bond donors (Lipinski definition) is 1. The lowest BCUT2D eigenvalue weighted by Crippen LogP contribution is -2.50. The minimum absolute atomic E-state index is 0.0545. The normalized spacial score (nSPS) is 15.2. The van der Waals surface area contributed by atoms with Crippen LogP contribution in [0.5, 0.6) is 11.5 Å². The number of nitrogens with zero attached hydrogens (tertiary/aromatic N) is 1. The van der Waals surface area contributed by atoms with Crippen LogP contribution < -0.4 is 19.7 Å². The number of nitrogens with one attached hydrogen (secondary N) is 1. The molecule has 0 aliphatic carbocycles. The van der Waals surface area contributed by atoms with Crippen LogP contribution >= 0.6 is 0 Å². The molecular weight excluding hydrogens is 380 g/mol. The molecule has 30 heavy (non-hydrogen) atoms. The van der Waals surface area contributed by atoms with Gasteiger partial charge in [-0.3, -0.25) is 9.59 Å². The second-order valence-electron chi connectivity index (χ2n) is 7.12. The second-order valence-corrected chi connectivity index (χ2v) is 7.12. The van der Waals surface area contributed by atoms with Crippen LogP contribution in [0.15, 0.2) is 66.7 Å². The number of carbonyl (C=O) groups excluding carboxylic acids is 2. The van der Waals surface area contributed by atoms with Crippen molar-refractivity contribution >= 4 is 28.3 Å². The summed E-state index contributed by atoms with van der Waals surface area (Å²) in [5.41, 5.74) is 0.692. The summed E-state index contributed by atoms with van der Waals surface area (Å²) in [7, 11) is 1.56. The van der Waals surface area contributed by atoms with Crippen molar-refractivity contribution in [3.8, 4) is 11.5 Å². The van der Waals surface area contributed by atoms with Gasteiger partial charge in [0.2, 0.25) is 5.91 Å². The summed E-state index contributed by atoms with van der Waals surface area (Å²) in [6, 6.07) is 21.3. The molecule has 0 saturated heterocycles. The number of para-hydroxylation sites is 2. The Bertz CT molecular complexity index is 1060. The molecule has 0 spiro atoms. The third-order valence-corrected chi connectivity index (χ3v) is 5.16. The van der Waals surface area contributed by atoms with Gasteiger partial charge in [0.05, 0.1) is 18.8 Å². The predicted octanol–water partition coefficient (Wildman–Crippen LogP) is 3.54. The SMILES string of the molecule is CNC(=O)[C@H]1CN(C(=O)CCCOc2cccc3ccccc23)c2ccccc2O1. The van der Waals surface area contributed by atoms with E-state index in [9.17, 15) is 9.59 Å². The Balaban J connectivity index is 1.39. The number of fused-ring (bicyclic) bond motifs is 2. The van der Waals surface area contributed by atoms with Crippen LogP contribution in [0.1, 0.15) is 12.8 Å². The van der Waals surface area contributed by atoms with Gasteiger partial charge in [-0.15, -0.1) is 0 Å². The van der Waals surface area contributed by atoms with Crippen molar-refractivity contribution in [3.05, 3.63) is 66.7 Å². The van der Waals surface area contributed by atoms with Crippen molar-refractivity contribution in [1.82, 2.24) is 5.32 Å². The van der Waals surface area contributed by atoms with Crippen molar-refractivity contribution < 1.29 is 19.1 Å². The molecule has 0 aromatic heterocycles. The molecule has 0 saturated carbocycles. The van der Waals surface area contributed by atoms with Crippen LogP contribution in [-0.2, 0) is 9.59 Å². The highest BCUT2D eigenvalue weighted by Gasteiger charge is 2.32. The van der Waals surface area contributed by atoms with Gasteiger partial charge in [-0.25, -0.2) is 0 Å². The summed E-state index contributed by atoms with van der Waals surface area (Å²) in [4.78, 5) is 26.6. The number of rotatable bonds is 6. The Morgan fingerprint density at radius 2 is 1.83 bits per heavy atom.